The first-order valence-electron chi connectivity index (χ1n) is 5.91. The van der Waals surface area contributed by atoms with Gasteiger partial charge in [-0.15, -0.1) is 0 Å². The lowest BCUT2D eigenvalue weighted by Crippen LogP contribution is -2.56. The molecule has 86 valence electrons. The number of carbonyl (C=O) groups is 1. The quantitative estimate of drug-likeness (QED) is 0.693. The number of nitrogens with zero attached hydrogens (tertiary/aromatic N) is 2. The van der Waals surface area contributed by atoms with E-state index in [4.69, 9.17) is 0 Å². The molecule has 1 N–H and O–H groups in total. The van der Waals surface area contributed by atoms with E-state index in [1.165, 1.54) is 19.4 Å². The molecule has 4 heteroatoms. The van der Waals surface area contributed by atoms with Gasteiger partial charge in [-0.25, -0.2) is 0 Å². The molecule has 1 amide bonds. The van der Waals surface area contributed by atoms with E-state index in [1.54, 1.807) is 0 Å². The summed E-state index contributed by atoms with van der Waals surface area (Å²) in [5.41, 5.74) is 0. The number of nitrogens with one attached hydrogen (secondary N) is 1. The Kier molecular flexibility index (Phi) is 3.26. The van der Waals surface area contributed by atoms with Crippen LogP contribution in [-0.2, 0) is 4.79 Å². The van der Waals surface area contributed by atoms with E-state index in [0.717, 1.165) is 19.6 Å². The first-order chi connectivity index (χ1) is 7.18. The minimum absolute atomic E-state index is 0.00505. The first-order valence-corrected chi connectivity index (χ1v) is 5.91. The third kappa shape index (κ3) is 2.32. The fourth-order valence-corrected chi connectivity index (χ4v) is 2.53. The molecule has 0 aromatic heterocycles. The van der Waals surface area contributed by atoms with Crippen LogP contribution in [0.25, 0.3) is 0 Å². The van der Waals surface area contributed by atoms with Crippen LogP contribution in [0, 0.1) is 0 Å². The fraction of sp³-hybridized carbons (Fsp3) is 0.909. The molecule has 2 atom stereocenters. The Morgan fingerprint density at radius 2 is 2.27 bits per heavy atom. The second-order valence-electron chi connectivity index (χ2n) is 4.74. The molecule has 2 rings (SSSR count). The van der Waals surface area contributed by atoms with Gasteiger partial charge < -0.3 is 15.1 Å². The lowest BCUT2D eigenvalue weighted by Gasteiger charge is -2.34. The van der Waals surface area contributed by atoms with Gasteiger partial charge in [0.1, 0.15) is 0 Å². The zero-order valence-corrected chi connectivity index (χ0v) is 9.70. The first kappa shape index (κ1) is 10.9. The highest BCUT2D eigenvalue weighted by molar-refractivity contribution is 5.82. The summed E-state index contributed by atoms with van der Waals surface area (Å²) in [4.78, 5) is 16.3. The van der Waals surface area contributed by atoms with E-state index in [0.29, 0.717) is 6.04 Å². The van der Waals surface area contributed by atoms with E-state index in [9.17, 15) is 4.79 Å². The lowest BCUT2D eigenvalue weighted by atomic mass is 10.1. The van der Waals surface area contributed by atoms with Crippen LogP contribution in [0.2, 0.25) is 0 Å². The molecule has 2 aliphatic rings. The van der Waals surface area contributed by atoms with Gasteiger partial charge in [0.25, 0.3) is 0 Å². The number of amides is 1. The van der Waals surface area contributed by atoms with Crippen molar-refractivity contribution in [2.45, 2.75) is 31.8 Å². The van der Waals surface area contributed by atoms with Crippen molar-refractivity contribution in [1.29, 1.82) is 0 Å². The van der Waals surface area contributed by atoms with Crippen molar-refractivity contribution in [3.05, 3.63) is 0 Å². The Bertz CT molecular complexity index is 244. The summed E-state index contributed by atoms with van der Waals surface area (Å²) in [5.74, 6) is 0.265. The maximum atomic E-state index is 11.9. The number of likely N-dealkylation sites (tertiary alicyclic amines) is 1. The van der Waals surface area contributed by atoms with Crippen LogP contribution in [0.15, 0.2) is 0 Å². The van der Waals surface area contributed by atoms with Crippen molar-refractivity contribution >= 4 is 5.91 Å². The van der Waals surface area contributed by atoms with Crippen molar-refractivity contribution in [3.8, 4) is 0 Å². The van der Waals surface area contributed by atoms with Crippen molar-refractivity contribution in [2.24, 2.45) is 0 Å². The van der Waals surface area contributed by atoms with Gasteiger partial charge in [-0.3, -0.25) is 4.79 Å². The zero-order chi connectivity index (χ0) is 10.8. The van der Waals surface area contributed by atoms with E-state index in [1.807, 2.05) is 11.8 Å². The molecule has 2 fully saturated rings. The van der Waals surface area contributed by atoms with Crippen LogP contribution >= 0.6 is 0 Å². The van der Waals surface area contributed by atoms with Crippen LogP contribution in [0.5, 0.6) is 0 Å². The number of piperazine rings is 1. The smallest absolute Gasteiger partial charge is 0.239 e. The van der Waals surface area contributed by atoms with Crippen LogP contribution in [0.4, 0.5) is 0 Å². The third-order valence-electron chi connectivity index (χ3n) is 3.62. The predicted octanol–water partition coefficient (Wildman–Crippen LogP) is -0.0991. The van der Waals surface area contributed by atoms with Gasteiger partial charge >= 0.3 is 0 Å². The van der Waals surface area contributed by atoms with Crippen LogP contribution in [-0.4, -0.2) is 61.0 Å². The van der Waals surface area contributed by atoms with E-state index in [-0.39, 0.29) is 11.9 Å². The molecule has 2 heterocycles. The maximum Gasteiger partial charge on any atom is 0.239 e. The zero-order valence-electron chi connectivity index (χ0n) is 9.70. The topological polar surface area (TPSA) is 35.6 Å². The summed E-state index contributed by atoms with van der Waals surface area (Å²) in [6.07, 6.45) is 2.51. The Labute approximate surface area is 91.6 Å². The molecule has 0 aromatic rings. The minimum Gasteiger partial charge on any atom is -0.339 e. The van der Waals surface area contributed by atoms with E-state index >= 15 is 0 Å². The normalized spacial score (nSPS) is 33.7. The highest BCUT2D eigenvalue weighted by atomic mass is 16.2. The molecule has 0 spiro atoms. The molecule has 2 saturated heterocycles. The summed E-state index contributed by atoms with van der Waals surface area (Å²) in [6, 6.07) is 0.588. The summed E-state index contributed by atoms with van der Waals surface area (Å²) >= 11 is 0. The fourth-order valence-electron chi connectivity index (χ4n) is 2.53. The van der Waals surface area contributed by atoms with Gasteiger partial charge in [0.15, 0.2) is 0 Å². The summed E-state index contributed by atoms with van der Waals surface area (Å²) < 4.78 is 0. The predicted molar refractivity (Wildman–Crippen MR) is 59.7 cm³/mol. The van der Waals surface area contributed by atoms with Crippen molar-refractivity contribution in [1.82, 2.24) is 15.1 Å². The number of rotatable bonds is 2. The number of carbonyl (C=O) groups excluding carboxylic acids is 1. The number of hydrogen-bond donors (Lipinski definition) is 1. The maximum absolute atomic E-state index is 11.9. The van der Waals surface area contributed by atoms with Gasteiger partial charge in [0, 0.05) is 25.7 Å². The van der Waals surface area contributed by atoms with Gasteiger partial charge in [0.05, 0.1) is 6.04 Å². The average Bonchev–Trinajstić information content (AvgIpc) is 2.60. The molecule has 15 heavy (non-hydrogen) atoms. The Morgan fingerprint density at radius 3 is 2.93 bits per heavy atom. The SMILES string of the molecule is CC1NCCN(CC2CCCN2C)C1=O. The van der Waals surface area contributed by atoms with Crippen molar-refractivity contribution in [3.63, 3.8) is 0 Å². The molecule has 4 nitrogen and oxygen atoms in total. The highest BCUT2D eigenvalue weighted by Crippen LogP contribution is 2.16. The Hall–Kier alpha value is -0.610. The molecule has 2 aliphatic heterocycles. The Balaban J connectivity index is 1.90. The van der Waals surface area contributed by atoms with Gasteiger partial charge in [-0.1, -0.05) is 0 Å². The molecular formula is C11H21N3O. The third-order valence-corrected chi connectivity index (χ3v) is 3.62. The molecular weight excluding hydrogens is 190 g/mol. The molecule has 0 radical (unpaired) electrons. The highest BCUT2D eigenvalue weighted by Gasteiger charge is 2.29. The summed E-state index contributed by atoms with van der Waals surface area (Å²) in [7, 11) is 2.16. The molecule has 0 aliphatic carbocycles. The standard InChI is InChI=1S/C11H21N3O/c1-9-11(15)14(7-5-12-9)8-10-4-3-6-13(10)2/h9-10,12H,3-8H2,1-2H3. The van der Waals surface area contributed by atoms with Crippen molar-refractivity contribution < 1.29 is 4.79 Å². The van der Waals surface area contributed by atoms with Crippen LogP contribution in [0.3, 0.4) is 0 Å². The van der Waals surface area contributed by atoms with E-state index < -0.39 is 0 Å². The Morgan fingerprint density at radius 1 is 1.47 bits per heavy atom. The van der Waals surface area contributed by atoms with Crippen LogP contribution in [0.1, 0.15) is 19.8 Å². The second-order valence-corrected chi connectivity index (χ2v) is 4.74. The van der Waals surface area contributed by atoms with Gasteiger partial charge in [-0.05, 0) is 33.4 Å². The van der Waals surface area contributed by atoms with Crippen LogP contribution < -0.4 is 5.32 Å². The lowest BCUT2D eigenvalue weighted by molar-refractivity contribution is -0.135. The number of hydrogen-bond acceptors (Lipinski definition) is 3. The average molecular weight is 211 g/mol. The minimum atomic E-state index is 0.00505. The largest absolute Gasteiger partial charge is 0.339 e. The van der Waals surface area contributed by atoms with E-state index in [2.05, 4.69) is 17.3 Å². The number of likely N-dealkylation sites (N-methyl/N-ethyl adjacent to an activating group) is 1. The molecule has 0 saturated carbocycles. The van der Waals surface area contributed by atoms with Gasteiger partial charge in [0.2, 0.25) is 5.91 Å². The molecule has 2 unspecified atom stereocenters. The summed E-state index contributed by atoms with van der Waals surface area (Å²) in [6.45, 7) is 5.85. The molecule has 0 bridgehead atoms. The van der Waals surface area contributed by atoms with Gasteiger partial charge in [-0.2, -0.15) is 0 Å². The molecule has 0 aromatic carbocycles. The second kappa shape index (κ2) is 4.49. The monoisotopic (exact) mass is 211 g/mol. The van der Waals surface area contributed by atoms with Crippen molar-refractivity contribution in [2.75, 3.05) is 33.2 Å². The summed E-state index contributed by atoms with van der Waals surface area (Å²) in [5, 5.41) is 3.19.